The van der Waals surface area contributed by atoms with E-state index < -0.39 is 169 Å². The SMILES string of the molecule is CC(=O)O[C@@]12CO[C@@H]1C[C@H](O)[C@@]1(C)C(=O)[C@H](OC(=O)CO[C@@H]3O[C@@H](CO)[C@H](O)[C@@H](O)[C@@H]3O)C3=C(C)[C@@H](OC(=O)[C@H](O)[C@@H](NC(=O)OC(C)(C)C)c4ccccc4)C[C@@](O)([C@@H](OC(=O)c4ccccc4)[C@H]21)C3(C)C. The fraction of sp³-hybridized carbons (Fsp3) is 0.608. The van der Waals surface area contributed by atoms with Crippen LogP contribution in [0.4, 0.5) is 4.79 Å². The Balaban J connectivity index is 1.38. The van der Waals surface area contributed by atoms with Gasteiger partial charge >= 0.3 is 30.0 Å². The minimum atomic E-state index is -2.58. The summed E-state index contributed by atoms with van der Waals surface area (Å²) in [6, 6.07) is 14.0. The number of ether oxygens (including phenoxy) is 8. The summed E-state index contributed by atoms with van der Waals surface area (Å²) in [5.74, 6) is -7.39. The van der Waals surface area contributed by atoms with Gasteiger partial charge in [-0.25, -0.2) is 19.2 Å². The highest BCUT2D eigenvalue weighted by Crippen LogP contribution is 2.64. The normalized spacial score (nSPS) is 35.5. The van der Waals surface area contributed by atoms with Crippen LogP contribution in [0.5, 0.6) is 0 Å². The smallest absolute Gasteiger partial charge is 0.408 e. The maximum absolute atomic E-state index is 16.0. The second-order valence-electron chi connectivity index (χ2n) is 21.0. The van der Waals surface area contributed by atoms with Crippen molar-refractivity contribution in [3.05, 3.63) is 82.9 Å². The third-order valence-corrected chi connectivity index (χ3v) is 15.0. The summed E-state index contributed by atoms with van der Waals surface area (Å²) in [7, 11) is 0. The Labute approximate surface area is 420 Å². The first-order valence-corrected chi connectivity index (χ1v) is 23.9. The molecule has 16 atom stereocenters. The summed E-state index contributed by atoms with van der Waals surface area (Å²) in [6.07, 6.45) is -21.8. The molecule has 7 rings (SSSR count). The molecule has 73 heavy (non-hydrogen) atoms. The van der Waals surface area contributed by atoms with Crippen molar-refractivity contribution in [2.75, 3.05) is 19.8 Å². The molecule has 2 bridgehead atoms. The van der Waals surface area contributed by atoms with Crippen LogP contribution in [-0.2, 0) is 57.1 Å². The monoisotopic (exact) mass is 1030 g/mol. The highest BCUT2D eigenvalue weighted by Gasteiger charge is 2.78. The van der Waals surface area contributed by atoms with Crippen molar-refractivity contribution in [1.82, 2.24) is 5.32 Å². The van der Waals surface area contributed by atoms with Gasteiger partial charge in [-0.05, 0) is 63.5 Å². The number of fused-ring (bicyclic) bond motifs is 5. The second-order valence-corrected chi connectivity index (χ2v) is 21.0. The first kappa shape index (κ1) is 55.4. The van der Waals surface area contributed by atoms with Crippen molar-refractivity contribution in [1.29, 1.82) is 0 Å². The van der Waals surface area contributed by atoms with Gasteiger partial charge in [0.25, 0.3) is 0 Å². The standard InChI is InChI=1S/C51H65NO21/c1-24-28(68-44(63)36(58)34(26-15-11-9-12-16-26)52-46(64)73-47(3,4)5)20-51(65)42(71-43(62)27-17-13-10-14-18-27)40-49(8,30(55)19-31-50(40,23-67-31)72-25(2)54)41(61)39(33(24)48(51,6)7)70-32(56)22-66-45-38(60)37(59)35(57)29(21-53)69-45/h9-18,28-31,34-40,42,45,53,55,57-60,65H,19-23H2,1-8H3,(H,52,64)/t28-,29-,30-,31+,34-,35-,36+,37+,38-,39+,40-,42-,45+,49+,50-,51+/m0/s1. The number of benzene rings is 2. The van der Waals surface area contributed by atoms with E-state index in [1.807, 2.05) is 0 Å². The zero-order valence-electron chi connectivity index (χ0n) is 41.7. The fourth-order valence-corrected chi connectivity index (χ4v) is 11.2. The van der Waals surface area contributed by atoms with Crippen LogP contribution < -0.4 is 5.32 Å². The molecule has 22 nitrogen and oxygen atoms in total. The summed E-state index contributed by atoms with van der Waals surface area (Å²) in [4.78, 5) is 85.4. The predicted octanol–water partition coefficient (Wildman–Crippen LogP) is 0.627. The number of hydrogen-bond acceptors (Lipinski definition) is 21. The molecular weight excluding hydrogens is 963 g/mol. The highest BCUT2D eigenvalue weighted by atomic mass is 16.7. The molecule has 8 N–H and O–H groups in total. The number of carbonyl (C=O) groups is 6. The summed E-state index contributed by atoms with van der Waals surface area (Å²) in [5.41, 5.74) is -9.64. The summed E-state index contributed by atoms with van der Waals surface area (Å²) in [6.45, 7) is 9.15. The molecule has 400 valence electrons. The molecule has 3 aliphatic carbocycles. The average molecular weight is 1030 g/mol. The van der Waals surface area contributed by atoms with E-state index in [0.717, 1.165) is 6.92 Å². The van der Waals surface area contributed by atoms with Crippen molar-refractivity contribution in [3.8, 4) is 0 Å². The number of esters is 4. The van der Waals surface area contributed by atoms with E-state index in [1.54, 1.807) is 57.2 Å². The first-order valence-electron chi connectivity index (χ1n) is 23.9. The average Bonchev–Trinajstić information content (AvgIpc) is 3.32. The molecule has 2 aromatic rings. The van der Waals surface area contributed by atoms with Gasteiger partial charge in [-0.1, -0.05) is 62.4 Å². The molecule has 22 heteroatoms. The van der Waals surface area contributed by atoms with E-state index in [9.17, 15) is 59.7 Å². The van der Waals surface area contributed by atoms with Gasteiger partial charge in [-0.15, -0.1) is 0 Å². The third-order valence-electron chi connectivity index (χ3n) is 15.0. The largest absolute Gasteiger partial charge is 0.456 e. The number of rotatable bonds is 13. The summed E-state index contributed by atoms with van der Waals surface area (Å²) in [5, 5.41) is 81.6. The van der Waals surface area contributed by atoms with Gasteiger partial charge in [0.05, 0.1) is 42.3 Å². The summed E-state index contributed by atoms with van der Waals surface area (Å²) >= 11 is 0. The fourth-order valence-electron chi connectivity index (χ4n) is 11.2. The Morgan fingerprint density at radius 2 is 1.52 bits per heavy atom. The molecule has 0 aromatic heterocycles. The van der Waals surface area contributed by atoms with Gasteiger partial charge in [0, 0.05) is 25.2 Å². The van der Waals surface area contributed by atoms with Gasteiger partial charge in [0.1, 0.15) is 60.5 Å². The Morgan fingerprint density at radius 3 is 2.10 bits per heavy atom. The molecule has 2 saturated carbocycles. The van der Waals surface area contributed by atoms with E-state index in [2.05, 4.69) is 5.32 Å². The van der Waals surface area contributed by atoms with Gasteiger partial charge in [-0.2, -0.15) is 0 Å². The van der Waals surface area contributed by atoms with Crippen molar-refractivity contribution in [3.63, 3.8) is 0 Å². The minimum absolute atomic E-state index is 0.00683. The first-order chi connectivity index (χ1) is 34.1. The van der Waals surface area contributed by atoms with Crippen LogP contribution >= 0.6 is 0 Å². The second kappa shape index (κ2) is 20.7. The number of ketones is 1. The van der Waals surface area contributed by atoms with Crippen LogP contribution in [0, 0.1) is 16.7 Å². The van der Waals surface area contributed by atoms with Crippen LogP contribution in [0.25, 0.3) is 0 Å². The number of carbonyl (C=O) groups excluding carboxylic acids is 6. The Hall–Kier alpha value is -5.40. The number of alkyl carbamates (subject to hydrolysis) is 1. The van der Waals surface area contributed by atoms with Crippen molar-refractivity contribution < 1.29 is 102 Å². The minimum Gasteiger partial charge on any atom is -0.456 e. The van der Waals surface area contributed by atoms with Crippen LogP contribution in [0.1, 0.15) is 90.2 Å². The van der Waals surface area contributed by atoms with Crippen molar-refractivity contribution in [2.45, 2.75) is 158 Å². The van der Waals surface area contributed by atoms with Crippen LogP contribution in [0.15, 0.2) is 71.8 Å². The number of aliphatic hydroxyl groups is 7. The molecule has 2 heterocycles. The quantitative estimate of drug-likeness (QED) is 0.0775. The van der Waals surface area contributed by atoms with E-state index in [1.165, 1.54) is 52.0 Å². The number of aliphatic hydroxyl groups excluding tert-OH is 6. The lowest BCUT2D eigenvalue weighted by Gasteiger charge is -2.67. The Morgan fingerprint density at radius 1 is 0.890 bits per heavy atom. The molecule has 0 radical (unpaired) electrons. The number of amides is 1. The highest BCUT2D eigenvalue weighted by molar-refractivity contribution is 5.96. The summed E-state index contributed by atoms with van der Waals surface area (Å²) < 4.78 is 46.8. The van der Waals surface area contributed by atoms with Crippen LogP contribution in [0.3, 0.4) is 0 Å². The molecule has 2 saturated heterocycles. The van der Waals surface area contributed by atoms with Gasteiger partial charge in [0.2, 0.25) is 0 Å². The Bertz CT molecular complexity index is 2440. The number of hydrogen-bond donors (Lipinski definition) is 8. The zero-order chi connectivity index (χ0) is 53.7. The lowest BCUT2D eigenvalue weighted by Crippen LogP contribution is -2.82. The molecule has 0 unspecified atom stereocenters. The maximum Gasteiger partial charge on any atom is 0.408 e. The van der Waals surface area contributed by atoms with E-state index in [4.69, 9.17) is 37.9 Å². The third kappa shape index (κ3) is 10.1. The topological polar surface area (TPSA) is 330 Å². The van der Waals surface area contributed by atoms with Crippen LogP contribution in [0.2, 0.25) is 0 Å². The van der Waals surface area contributed by atoms with Crippen LogP contribution in [-0.4, -0.2) is 175 Å². The van der Waals surface area contributed by atoms with Gasteiger partial charge < -0.3 is 79.0 Å². The Kier molecular flexibility index (Phi) is 15.7. The molecule has 4 fully saturated rings. The lowest BCUT2D eigenvalue weighted by molar-refractivity contribution is -0.346. The molecule has 5 aliphatic rings. The molecular formula is C51H65NO21. The van der Waals surface area contributed by atoms with E-state index in [-0.39, 0.29) is 28.7 Å². The van der Waals surface area contributed by atoms with Crippen molar-refractivity contribution in [2.24, 2.45) is 16.7 Å². The van der Waals surface area contributed by atoms with Gasteiger partial charge in [0.15, 0.2) is 29.9 Å². The number of Topliss-reactive ketones (excluding diaryl/α,β-unsaturated/α-hetero) is 1. The predicted molar refractivity (Wildman–Crippen MR) is 247 cm³/mol. The molecule has 2 aromatic carbocycles. The van der Waals surface area contributed by atoms with E-state index >= 15 is 4.79 Å². The molecule has 2 aliphatic heterocycles. The van der Waals surface area contributed by atoms with Gasteiger partial charge in [-0.3, -0.25) is 9.59 Å². The van der Waals surface area contributed by atoms with Crippen molar-refractivity contribution >= 4 is 35.8 Å². The lowest BCUT2D eigenvalue weighted by atomic mass is 9.44. The molecule has 0 spiro atoms. The number of nitrogens with one attached hydrogen (secondary N) is 1. The zero-order valence-corrected chi connectivity index (χ0v) is 41.7. The molecule has 1 amide bonds. The van der Waals surface area contributed by atoms with E-state index in [0.29, 0.717) is 0 Å². The maximum atomic E-state index is 16.0.